The fourth-order valence-corrected chi connectivity index (χ4v) is 0.654. The second-order valence-electron chi connectivity index (χ2n) is 2.69. The van der Waals surface area contributed by atoms with Gasteiger partial charge in [-0.25, -0.2) is 8.78 Å². The summed E-state index contributed by atoms with van der Waals surface area (Å²) in [5, 5.41) is 0. The minimum atomic E-state index is -6.15. The van der Waals surface area contributed by atoms with Crippen LogP contribution in [0.1, 0.15) is 0 Å². The summed E-state index contributed by atoms with van der Waals surface area (Å²) in [7, 11) is 0. The SMILES string of the molecule is FCOCC(F)(F)C(F)(F)C(F)C(F)(F)F. The Balaban J connectivity index is 4.88. The van der Waals surface area contributed by atoms with Crippen LogP contribution < -0.4 is 0 Å². The van der Waals surface area contributed by atoms with Gasteiger partial charge in [-0.1, -0.05) is 0 Å². The van der Waals surface area contributed by atoms with E-state index in [-0.39, 0.29) is 0 Å². The summed E-state index contributed by atoms with van der Waals surface area (Å²) in [6.07, 6.45) is -11.2. The molecule has 0 fully saturated rings. The van der Waals surface area contributed by atoms with Crippen LogP contribution in [0.15, 0.2) is 0 Å². The van der Waals surface area contributed by atoms with Crippen LogP contribution in [-0.4, -0.2) is 37.7 Å². The van der Waals surface area contributed by atoms with Crippen LogP contribution in [0.3, 0.4) is 0 Å². The normalized spacial score (nSPS) is 16.3. The molecule has 0 aromatic rings. The average molecular weight is 264 g/mol. The summed E-state index contributed by atoms with van der Waals surface area (Å²) in [5.41, 5.74) is 0. The lowest BCUT2D eigenvalue weighted by molar-refractivity contribution is -0.315. The van der Waals surface area contributed by atoms with Crippen molar-refractivity contribution in [1.82, 2.24) is 0 Å². The standard InChI is InChI=1S/C6H5F9O/c7-2-16-1-4(9,10)5(11,12)3(8)6(13,14)15/h3H,1-2H2. The van der Waals surface area contributed by atoms with Crippen LogP contribution >= 0.6 is 0 Å². The van der Waals surface area contributed by atoms with Crippen LogP contribution in [0.4, 0.5) is 39.5 Å². The second kappa shape index (κ2) is 4.68. The molecule has 1 nitrogen and oxygen atoms in total. The van der Waals surface area contributed by atoms with Crippen LogP contribution in [-0.2, 0) is 4.74 Å². The highest BCUT2D eigenvalue weighted by molar-refractivity contribution is 4.94. The molecule has 0 aliphatic carbocycles. The fraction of sp³-hybridized carbons (Fsp3) is 1.00. The first-order valence-corrected chi connectivity index (χ1v) is 3.57. The predicted octanol–water partition coefficient (Wildman–Crippen LogP) is 3.10. The zero-order valence-corrected chi connectivity index (χ0v) is 7.30. The molecule has 16 heavy (non-hydrogen) atoms. The van der Waals surface area contributed by atoms with Gasteiger partial charge in [0.1, 0.15) is 6.61 Å². The van der Waals surface area contributed by atoms with Crippen molar-refractivity contribution in [1.29, 1.82) is 0 Å². The summed E-state index contributed by atoms with van der Waals surface area (Å²) in [6, 6.07) is 0. The molecule has 0 radical (unpaired) electrons. The highest BCUT2D eigenvalue weighted by Crippen LogP contribution is 2.44. The number of alkyl halides is 9. The van der Waals surface area contributed by atoms with E-state index in [0.29, 0.717) is 0 Å². The first-order chi connectivity index (χ1) is 6.97. The molecule has 0 aromatic carbocycles. The molecule has 98 valence electrons. The van der Waals surface area contributed by atoms with E-state index in [2.05, 4.69) is 4.74 Å². The van der Waals surface area contributed by atoms with Gasteiger partial charge >= 0.3 is 18.0 Å². The van der Waals surface area contributed by atoms with Gasteiger partial charge in [-0.15, -0.1) is 0 Å². The Hall–Kier alpha value is -0.670. The molecule has 0 aliphatic rings. The third-order valence-electron chi connectivity index (χ3n) is 1.45. The first kappa shape index (κ1) is 15.3. The summed E-state index contributed by atoms with van der Waals surface area (Å²) in [5.74, 6) is -11.5. The van der Waals surface area contributed by atoms with Gasteiger partial charge in [0.2, 0.25) is 0 Å². The van der Waals surface area contributed by atoms with E-state index in [0.717, 1.165) is 0 Å². The van der Waals surface area contributed by atoms with Gasteiger partial charge in [0.05, 0.1) is 0 Å². The number of rotatable bonds is 5. The number of ether oxygens (including phenoxy) is 1. The number of hydrogen-bond donors (Lipinski definition) is 0. The third kappa shape index (κ3) is 3.16. The molecule has 0 bridgehead atoms. The van der Waals surface area contributed by atoms with E-state index < -0.39 is 37.7 Å². The van der Waals surface area contributed by atoms with Gasteiger partial charge in [-0.3, -0.25) is 0 Å². The molecule has 0 saturated heterocycles. The largest absolute Gasteiger partial charge is 0.425 e. The Labute approximate surface area is 83.2 Å². The van der Waals surface area contributed by atoms with Gasteiger partial charge in [0, 0.05) is 0 Å². The van der Waals surface area contributed by atoms with Gasteiger partial charge in [0.25, 0.3) is 6.17 Å². The quantitative estimate of drug-likeness (QED) is 0.693. The van der Waals surface area contributed by atoms with Crippen LogP contribution in [0.25, 0.3) is 0 Å². The van der Waals surface area contributed by atoms with Crippen molar-refractivity contribution < 1.29 is 44.3 Å². The zero-order chi connectivity index (χ0) is 13.2. The Kier molecular flexibility index (Phi) is 4.48. The van der Waals surface area contributed by atoms with E-state index in [1.807, 2.05) is 0 Å². The lowest BCUT2D eigenvalue weighted by atomic mass is 10.1. The molecule has 0 aliphatic heterocycles. The van der Waals surface area contributed by atoms with Crippen molar-refractivity contribution in [3.05, 3.63) is 0 Å². The van der Waals surface area contributed by atoms with Gasteiger partial charge in [-0.2, -0.15) is 30.7 Å². The smallest absolute Gasteiger partial charge is 0.344 e. The maximum absolute atomic E-state index is 12.4. The van der Waals surface area contributed by atoms with Gasteiger partial charge in [0.15, 0.2) is 6.86 Å². The lowest BCUT2D eigenvalue weighted by Gasteiger charge is -2.29. The van der Waals surface area contributed by atoms with Crippen molar-refractivity contribution in [3.63, 3.8) is 0 Å². The monoisotopic (exact) mass is 264 g/mol. The molecular weight excluding hydrogens is 259 g/mol. The van der Waals surface area contributed by atoms with Crippen molar-refractivity contribution in [2.45, 2.75) is 24.2 Å². The van der Waals surface area contributed by atoms with Gasteiger partial charge < -0.3 is 4.74 Å². The molecule has 1 unspecified atom stereocenters. The Bertz CT molecular complexity index is 223. The van der Waals surface area contributed by atoms with Crippen molar-refractivity contribution in [2.75, 3.05) is 13.5 Å². The topological polar surface area (TPSA) is 9.23 Å². The molecule has 1 atom stereocenters. The van der Waals surface area contributed by atoms with Crippen LogP contribution in [0.2, 0.25) is 0 Å². The molecule has 0 N–H and O–H groups in total. The number of halogens is 9. The third-order valence-corrected chi connectivity index (χ3v) is 1.45. The average Bonchev–Trinajstić information content (AvgIpc) is 2.11. The summed E-state index contributed by atoms with van der Waals surface area (Å²) < 4.78 is 111. The molecule has 0 saturated carbocycles. The fourth-order valence-electron chi connectivity index (χ4n) is 0.654. The van der Waals surface area contributed by atoms with Gasteiger partial charge in [-0.05, 0) is 0 Å². The highest BCUT2D eigenvalue weighted by Gasteiger charge is 2.69. The van der Waals surface area contributed by atoms with Crippen molar-refractivity contribution in [2.24, 2.45) is 0 Å². The highest BCUT2D eigenvalue weighted by atomic mass is 19.4. The molecule has 0 aromatic heterocycles. The van der Waals surface area contributed by atoms with Crippen molar-refractivity contribution in [3.8, 4) is 0 Å². The van der Waals surface area contributed by atoms with E-state index in [1.165, 1.54) is 0 Å². The second-order valence-corrected chi connectivity index (χ2v) is 2.69. The predicted molar refractivity (Wildman–Crippen MR) is 32.8 cm³/mol. The Morgan fingerprint density at radius 3 is 1.69 bits per heavy atom. The summed E-state index contributed by atoms with van der Waals surface area (Å²) in [4.78, 5) is 0. The Morgan fingerprint density at radius 2 is 1.38 bits per heavy atom. The maximum atomic E-state index is 12.4. The van der Waals surface area contributed by atoms with E-state index >= 15 is 0 Å². The molecule has 0 heterocycles. The van der Waals surface area contributed by atoms with E-state index in [1.54, 1.807) is 0 Å². The number of hydrogen-bond acceptors (Lipinski definition) is 1. The van der Waals surface area contributed by atoms with E-state index in [4.69, 9.17) is 0 Å². The summed E-state index contributed by atoms with van der Waals surface area (Å²) in [6.45, 7) is -4.26. The maximum Gasteiger partial charge on any atom is 0.425 e. The minimum Gasteiger partial charge on any atom is -0.344 e. The van der Waals surface area contributed by atoms with E-state index in [9.17, 15) is 39.5 Å². The molecule has 10 heteroatoms. The molecule has 0 spiro atoms. The zero-order valence-electron chi connectivity index (χ0n) is 7.30. The summed E-state index contributed by atoms with van der Waals surface area (Å²) >= 11 is 0. The van der Waals surface area contributed by atoms with Crippen LogP contribution in [0, 0.1) is 0 Å². The van der Waals surface area contributed by atoms with Crippen LogP contribution in [0.5, 0.6) is 0 Å². The molecule has 0 rings (SSSR count). The van der Waals surface area contributed by atoms with Crippen molar-refractivity contribution >= 4 is 0 Å². The lowest BCUT2D eigenvalue weighted by Crippen LogP contribution is -2.55. The Morgan fingerprint density at radius 1 is 0.938 bits per heavy atom. The minimum absolute atomic E-state index is 1.91. The molecular formula is C6H5F9O. The molecule has 0 amide bonds. The first-order valence-electron chi connectivity index (χ1n) is 3.57.